The largest absolute Gasteiger partial charge is 0.351 e. The second-order valence-corrected chi connectivity index (χ2v) is 6.84. The molecular weight excluding hydrogens is 342 g/mol. The Morgan fingerprint density at radius 2 is 1.93 bits per heavy atom. The van der Waals surface area contributed by atoms with Crippen molar-refractivity contribution in [2.45, 2.75) is 58.5 Å². The second-order valence-electron chi connectivity index (χ2n) is 6.84. The van der Waals surface area contributed by atoms with Crippen LogP contribution in [0, 0.1) is 0 Å². The second kappa shape index (κ2) is 9.30. The molecule has 0 saturated carbocycles. The van der Waals surface area contributed by atoms with Gasteiger partial charge in [0, 0.05) is 32.0 Å². The maximum Gasteiger partial charge on any atom is 0.287 e. The number of nitrogens with one attached hydrogen (secondary N) is 2. The minimum Gasteiger partial charge on any atom is -0.351 e. The molecule has 0 atom stereocenters. The fourth-order valence-corrected chi connectivity index (χ4v) is 3.32. The summed E-state index contributed by atoms with van der Waals surface area (Å²) in [5.74, 6) is -0.0950. The van der Waals surface area contributed by atoms with E-state index in [4.69, 9.17) is 0 Å². The summed E-state index contributed by atoms with van der Waals surface area (Å²) in [6.07, 6.45) is 9.33. The van der Waals surface area contributed by atoms with Crippen molar-refractivity contribution in [3.8, 4) is 0 Å². The van der Waals surface area contributed by atoms with Gasteiger partial charge in [-0.25, -0.2) is 4.98 Å². The predicted molar refractivity (Wildman–Crippen MR) is 102 cm³/mol. The Labute approximate surface area is 159 Å². The Balaban J connectivity index is 1.72. The summed E-state index contributed by atoms with van der Waals surface area (Å²) in [6, 6.07) is 3.72. The molecule has 0 saturated heterocycles. The van der Waals surface area contributed by atoms with Gasteiger partial charge in [0.15, 0.2) is 5.82 Å². The van der Waals surface area contributed by atoms with Gasteiger partial charge < -0.3 is 15.2 Å². The standard InChI is InChI=1S/C20H27N5O2/c1-2-3-5-10-22-19(26)17-16-7-4-6-13-25(16)18(24-17)20(27)23-14-15-8-11-21-12-9-15/h8-9,11-12H,2-7,10,13-14H2,1H3,(H,22,26)(H,23,27). The quantitative estimate of drug-likeness (QED) is 0.700. The lowest BCUT2D eigenvalue weighted by Crippen LogP contribution is -2.27. The Morgan fingerprint density at radius 1 is 1.11 bits per heavy atom. The number of imidazole rings is 1. The molecule has 2 N–H and O–H groups in total. The molecule has 1 aliphatic heterocycles. The van der Waals surface area contributed by atoms with E-state index >= 15 is 0 Å². The third-order valence-electron chi connectivity index (χ3n) is 4.80. The number of rotatable bonds is 8. The van der Waals surface area contributed by atoms with E-state index in [0.717, 1.165) is 56.3 Å². The highest BCUT2D eigenvalue weighted by atomic mass is 16.2. The Kier molecular flexibility index (Phi) is 6.57. The predicted octanol–water partition coefficient (Wildman–Crippen LogP) is 2.46. The highest BCUT2D eigenvalue weighted by Gasteiger charge is 2.27. The summed E-state index contributed by atoms with van der Waals surface area (Å²) in [6.45, 7) is 3.90. The normalized spacial score (nSPS) is 13.1. The van der Waals surface area contributed by atoms with Gasteiger partial charge in [-0.2, -0.15) is 0 Å². The zero-order chi connectivity index (χ0) is 19.1. The van der Waals surface area contributed by atoms with Crippen LogP contribution in [-0.4, -0.2) is 32.9 Å². The Hall–Kier alpha value is -2.70. The number of hydrogen-bond donors (Lipinski definition) is 2. The molecule has 1 aliphatic rings. The van der Waals surface area contributed by atoms with Crippen LogP contribution in [0.2, 0.25) is 0 Å². The van der Waals surface area contributed by atoms with Crippen molar-refractivity contribution in [3.63, 3.8) is 0 Å². The summed E-state index contributed by atoms with van der Waals surface area (Å²) in [5, 5.41) is 5.84. The molecule has 3 rings (SSSR count). The van der Waals surface area contributed by atoms with Crippen LogP contribution >= 0.6 is 0 Å². The number of fused-ring (bicyclic) bond motifs is 1. The van der Waals surface area contributed by atoms with E-state index in [0.29, 0.717) is 24.6 Å². The summed E-state index contributed by atoms with van der Waals surface area (Å²) >= 11 is 0. The lowest BCUT2D eigenvalue weighted by molar-refractivity contribution is 0.0935. The lowest BCUT2D eigenvalue weighted by Gasteiger charge is -2.17. The van der Waals surface area contributed by atoms with E-state index in [2.05, 4.69) is 27.5 Å². The van der Waals surface area contributed by atoms with Crippen molar-refractivity contribution in [1.29, 1.82) is 0 Å². The third kappa shape index (κ3) is 4.72. The molecule has 0 unspecified atom stereocenters. The molecule has 2 aromatic rings. The first-order valence-corrected chi connectivity index (χ1v) is 9.75. The zero-order valence-electron chi connectivity index (χ0n) is 15.8. The number of aromatic nitrogens is 3. The summed E-state index contributed by atoms with van der Waals surface area (Å²) in [5.41, 5.74) is 2.25. The van der Waals surface area contributed by atoms with Crippen molar-refractivity contribution in [2.75, 3.05) is 6.54 Å². The van der Waals surface area contributed by atoms with Crippen LogP contribution < -0.4 is 10.6 Å². The highest BCUT2D eigenvalue weighted by molar-refractivity contribution is 5.97. The van der Waals surface area contributed by atoms with Crippen LogP contribution in [-0.2, 0) is 19.5 Å². The van der Waals surface area contributed by atoms with Gasteiger partial charge >= 0.3 is 0 Å². The van der Waals surface area contributed by atoms with Gasteiger partial charge in [0.2, 0.25) is 0 Å². The van der Waals surface area contributed by atoms with Gasteiger partial charge in [-0.05, 0) is 43.4 Å². The van der Waals surface area contributed by atoms with Crippen LogP contribution in [0.4, 0.5) is 0 Å². The third-order valence-corrected chi connectivity index (χ3v) is 4.80. The van der Waals surface area contributed by atoms with Crippen LogP contribution in [0.1, 0.15) is 71.4 Å². The number of amides is 2. The van der Waals surface area contributed by atoms with Crippen molar-refractivity contribution in [2.24, 2.45) is 0 Å². The molecule has 7 heteroatoms. The fourth-order valence-electron chi connectivity index (χ4n) is 3.32. The molecular formula is C20H27N5O2. The smallest absolute Gasteiger partial charge is 0.287 e. The number of carbonyl (C=O) groups excluding carboxylic acids is 2. The number of pyridine rings is 1. The number of unbranched alkanes of at least 4 members (excludes halogenated alkanes) is 2. The number of nitrogens with zero attached hydrogens (tertiary/aromatic N) is 3. The number of carbonyl (C=O) groups is 2. The van der Waals surface area contributed by atoms with E-state index in [1.54, 1.807) is 12.4 Å². The van der Waals surface area contributed by atoms with Crippen LogP contribution in [0.3, 0.4) is 0 Å². The number of hydrogen-bond acceptors (Lipinski definition) is 4. The minimum atomic E-state index is -0.250. The van der Waals surface area contributed by atoms with Crippen LogP contribution in [0.15, 0.2) is 24.5 Å². The maximum absolute atomic E-state index is 12.7. The van der Waals surface area contributed by atoms with E-state index in [1.165, 1.54) is 0 Å². The first-order valence-electron chi connectivity index (χ1n) is 9.75. The molecule has 2 aromatic heterocycles. The fraction of sp³-hybridized carbons (Fsp3) is 0.500. The van der Waals surface area contributed by atoms with E-state index in [1.807, 2.05) is 16.7 Å². The lowest BCUT2D eigenvalue weighted by atomic mass is 10.1. The molecule has 2 amide bonds. The molecule has 0 aromatic carbocycles. The van der Waals surface area contributed by atoms with E-state index in [9.17, 15) is 9.59 Å². The topological polar surface area (TPSA) is 88.9 Å². The monoisotopic (exact) mass is 369 g/mol. The zero-order valence-corrected chi connectivity index (χ0v) is 15.8. The average molecular weight is 369 g/mol. The molecule has 7 nitrogen and oxygen atoms in total. The summed E-state index contributed by atoms with van der Waals surface area (Å²) < 4.78 is 1.91. The highest BCUT2D eigenvalue weighted by Crippen LogP contribution is 2.21. The molecule has 0 aliphatic carbocycles. The maximum atomic E-state index is 12.7. The van der Waals surface area contributed by atoms with Crippen LogP contribution in [0.25, 0.3) is 0 Å². The molecule has 27 heavy (non-hydrogen) atoms. The van der Waals surface area contributed by atoms with Gasteiger partial charge in [-0.15, -0.1) is 0 Å². The van der Waals surface area contributed by atoms with Crippen molar-refractivity contribution < 1.29 is 9.59 Å². The molecule has 0 bridgehead atoms. The van der Waals surface area contributed by atoms with Gasteiger partial charge in [-0.3, -0.25) is 14.6 Å². The summed E-state index contributed by atoms with van der Waals surface area (Å²) in [4.78, 5) is 33.7. The Bertz CT molecular complexity index is 785. The molecule has 0 radical (unpaired) electrons. The average Bonchev–Trinajstić information content (AvgIpc) is 3.10. The van der Waals surface area contributed by atoms with Gasteiger partial charge in [0.05, 0.1) is 5.69 Å². The molecule has 0 spiro atoms. The van der Waals surface area contributed by atoms with E-state index in [-0.39, 0.29) is 11.8 Å². The van der Waals surface area contributed by atoms with Crippen molar-refractivity contribution in [3.05, 3.63) is 47.3 Å². The van der Waals surface area contributed by atoms with Crippen LogP contribution in [0.5, 0.6) is 0 Å². The van der Waals surface area contributed by atoms with Gasteiger partial charge in [-0.1, -0.05) is 19.8 Å². The van der Waals surface area contributed by atoms with E-state index < -0.39 is 0 Å². The summed E-state index contributed by atoms with van der Waals surface area (Å²) in [7, 11) is 0. The Morgan fingerprint density at radius 3 is 2.70 bits per heavy atom. The molecule has 3 heterocycles. The first-order chi connectivity index (χ1) is 13.2. The first kappa shape index (κ1) is 19.1. The minimum absolute atomic E-state index is 0.176. The molecule has 0 fully saturated rings. The van der Waals surface area contributed by atoms with Crippen molar-refractivity contribution >= 4 is 11.8 Å². The van der Waals surface area contributed by atoms with Gasteiger partial charge in [0.25, 0.3) is 11.8 Å². The SMILES string of the molecule is CCCCCNC(=O)c1nc(C(=O)NCc2ccncc2)n2c1CCCC2. The van der Waals surface area contributed by atoms with Gasteiger partial charge in [0.1, 0.15) is 5.69 Å². The van der Waals surface area contributed by atoms with Crippen molar-refractivity contribution in [1.82, 2.24) is 25.2 Å². The molecule has 144 valence electrons.